The molecule has 2 N–H and O–H groups in total. The summed E-state index contributed by atoms with van der Waals surface area (Å²) in [5, 5.41) is 15.6. The van der Waals surface area contributed by atoms with E-state index >= 15 is 0 Å². The van der Waals surface area contributed by atoms with Gasteiger partial charge in [-0.2, -0.15) is 0 Å². The number of nitrogens with zero attached hydrogens (tertiary/aromatic N) is 1. The van der Waals surface area contributed by atoms with E-state index in [1.165, 1.54) is 11.3 Å². The van der Waals surface area contributed by atoms with E-state index in [2.05, 4.69) is 10.3 Å². The molecule has 4 aromatic rings. The predicted molar refractivity (Wildman–Crippen MR) is 126 cm³/mol. The smallest absolute Gasteiger partial charge is 0.232 e. The molecule has 0 fully saturated rings. The molecule has 1 atom stereocenters. The molecule has 0 radical (unpaired) electrons. The topological polar surface area (TPSA) is 62.2 Å². The number of amides is 1. The lowest BCUT2D eigenvalue weighted by Crippen LogP contribution is -2.37. The average molecular weight is 429 g/mol. The number of phenolic OH excluding ortho intramolecular Hbond substituents is 1. The van der Waals surface area contributed by atoms with Crippen LogP contribution in [0.5, 0.6) is 5.75 Å². The zero-order valence-corrected chi connectivity index (χ0v) is 18.3. The molecule has 156 valence electrons. The van der Waals surface area contributed by atoms with Gasteiger partial charge in [-0.25, -0.2) is 4.98 Å². The summed E-state index contributed by atoms with van der Waals surface area (Å²) in [6.07, 6.45) is 0. The molecule has 1 aromatic heterocycles. The van der Waals surface area contributed by atoms with Crippen LogP contribution in [0, 0.1) is 5.41 Å². The molecule has 31 heavy (non-hydrogen) atoms. The Kier molecular flexibility index (Phi) is 5.87. The Morgan fingerprint density at radius 3 is 2.26 bits per heavy atom. The first-order valence-electron chi connectivity index (χ1n) is 10.1. The highest BCUT2D eigenvalue weighted by molar-refractivity contribution is 7.14. The van der Waals surface area contributed by atoms with Crippen molar-refractivity contribution < 1.29 is 9.90 Å². The first kappa shape index (κ1) is 20.8. The fourth-order valence-corrected chi connectivity index (χ4v) is 4.55. The Labute approximate surface area is 186 Å². The minimum absolute atomic E-state index is 0.126. The van der Waals surface area contributed by atoms with Crippen LogP contribution in [0.15, 0.2) is 90.3 Å². The molecule has 1 amide bonds. The van der Waals surface area contributed by atoms with E-state index in [1.807, 2.05) is 92.0 Å². The van der Waals surface area contributed by atoms with Crippen molar-refractivity contribution in [3.05, 3.63) is 101 Å². The first-order valence-corrected chi connectivity index (χ1v) is 11.0. The predicted octanol–water partition coefficient (Wildman–Crippen LogP) is 6.31. The van der Waals surface area contributed by atoms with Gasteiger partial charge in [0.1, 0.15) is 5.75 Å². The summed E-state index contributed by atoms with van der Waals surface area (Å²) in [7, 11) is 0. The number of hydrogen-bond acceptors (Lipinski definition) is 4. The van der Waals surface area contributed by atoms with Gasteiger partial charge in [0.05, 0.1) is 11.1 Å². The van der Waals surface area contributed by atoms with Crippen molar-refractivity contribution in [3.8, 4) is 17.0 Å². The van der Waals surface area contributed by atoms with Crippen LogP contribution in [-0.2, 0) is 4.79 Å². The summed E-state index contributed by atoms with van der Waals surface area (Å²) in [6, 6.07) is 26.9. The fourth-order valence-electron chi connectivity index (χ4n) is 3.84. The summed E-state index contributed by atoms with van der Waals surface area (Å²) < 4.78 is 0. The maximum atomic E-state index is 13.4. The monoisotopic (exact) mass is 428 g/mol. The molecule has 0 spiro atoms. The molecule has 0 aliphatic heterocycles. The van der Waals surface area contributed by atoms with Crippen molar-refractivity contribution >= 4 is 22.4 Å². The second kappa shape index (κ2) is 8.74. The molecule has 0 aliphatic rings. The number of anilines is 1. The van der Waals surface area contributed by atoms with Crippen molar-refractivity contribution in [2.45, 2.75) is 19.8 Å². The van der Waals surface area contributed by atoms with Crippen LogP contribution in [0.3, 0.4) is 0 Å². The van der Waals surface area contributed by atoms with Gasteiger partial charge in [-0.05, 0) is 23.3 Å². The van der Waals surface area contributed by atoms with Gasteiger partial charge in [0, 0.05) is 16.9 Å². The molecule has 0 bridgehead atoms. The average Bonchev–Trinajstić information content (AvgIpc) is 3.24. The van der Waals surface area contributed by atoms with E-state index < -0.39 is 5.41 Å². The summed E-state index contributed by atoms with van der Waals surface area (Å²) in [5.41, 5.74) is 2.95. The molecule has 0 aliphatic carbocycles. The maximum absolute atomic E-state index is 13.4. The largest absolute Gasteiger partial charge is 0.508 e. The Balaban J connectivity index is 1.64. The molecule has 4 nitrogen and oxygen atoms in total. The number of carbonyl (C=O) groups is 1. The SMILES string of the molecule is CC(C)(C(=O)Nc1nc(-c2ccccc2)cs1)C(c1ccccc1)c1cccc(O)c1. The van der Waals surface area contributed by atoms with E-state index in [1.54, 1.807) is 12.1 Å². The lowest BCUT2D eigenvalue weighted by Gasteiger charge is -2.33. The Morgan fingerprint density at radius 2 is 1.58 bits per heavy atom. The highest BCUT2D eigenvalue weighted by Gasteiger charge is 2.39. The third kappa shape index (κ3) is 4.52. The highest BCUT2D eigenvalue weighted by Crippen LogP contribution is 2.42. The molecule has 0 saturated heterocycles. The van der Waals surface area contributed by atoms with Crippen LogP contribution in [0.4, 0.5) is 5.13 Å². The molecule has 1 unspecified atom stereocenters. The van der Waals surface area contributed by atoms with Crippen LogP contribution < -0.4 is 5.32 Å². The lowest BCUT2D eigenvalue weighted by atomic mass is 9.70. The number of thiazole rings is 1. The molecule has 5 heteroatoms. The van der Waals surface area contributed by atoms with Crippen molar-refractivity contribution in [1.29, 1.82) is 0 Å². The van der Waals surface area contributed by atoms with E-state index in [9.17, 15) is 9.90 Å². The van der Waals surface area contributed by atoms with Gasteiger partial charge in [0.25, 0.3) is 0 Å². The third-order valence-electron chi connectivity index (χ3n) is 5.44. The van der Waals surface area contributed by atoms with Crippen LogP contribution in [0.1, 0.15) is 30.9 Å². The summed E-state index contributed by atoms with van der Waals surface area (Å²) >= 11 is 1.41. The van der Waals surface area contributed by atoms with Crippen LogP contribution in [0.2, 0.25) is 0 Å². The summed E-state index contributed by atoms with van der Waals surface area (Å²) in [6.45, 7) is 3.85. The van der Waals surface area contributed by atoms with E-state index in [0.717, 1.165) is 22.4 Å². The minimum atomic E-state index is -0.798. The van der Waals surface area contributed by atoms with Gasteiger partial charge >= 0.3 is 0 Å². The maximum Gasteiger partial charge on any atom is 0.232 e. The zero-order valence-electron chi connectivity index (χ0n) is 17.4. The zero-order chi connectivity index (χ0) is 21.8. The van der Waals surface area contributed by atoms with E-state index in [-0.39, 0.29) is 17.6 Å². The third-order valence-corrected chi connectivity index (χ3v) is 6.20. The number of phenols is 1. The first-order chi connectivity index (χ1) is 14.9. The number of nitrogens with one attached hydrogen (secondary N) is 1. The number of rotatable bonds is 6. The number of benzene rings is 3. The molecule has 1 heterocycles. The van der Waals surface area contributed by atoms with Gasteiger partial charge in [-0.15, -0.1) is 11.3 Å². The lowest BCUT2D eigenvalue weighted by molar-refractivity contribution is -0.124. The number of carbonyl (C=O) groups excluding carboxylic acids is 1. The Bertz CT molecular complexity index is 1170. The van der Waals surface area contributed by atoms with Gasteiger partial charge in [-0.1, -0.05) is 86.6 Å². The van der Waals surface area contributed by atoms with Crippen LogP contribution in [0.25, 0.3) is 11.3 Å². The molecule has 4 rings (SSSR count). The van der Waals surface area contributed by atoms with Crippen molar-refractivity contribution in [2.75, 3.05) is 5.32 Å². The number of aromatic nitrogens is 1. The number of hydrogen-bond donors (Lipinski definition) is 2. The second-order valence-electron chi connectivity index (χ2n) is 8.02. The Morgan fingerprint density at radius 1 is 0.935 bits per heavy atom. The van der Waals surface area contributed by atoms with E-state index in [4.69, 9.17) is 0 Å². The molecule has 0 saturated carbocycles. The molecular formula is C26H24N2O2S. The van der Waals surface area contributed by atoms with Gasteiger partial charge in [0.2, 0.25) is 5.91 Å². The van der Waals surface area contributed by atoms with Gasteiger partial charge in [0.15, 0.2) is 5.13 Å². The van der Waals surface area contributed by atoms with Crippen LogP contribution in [-0.4, -0.2) is 16.0 Å². The molecular weight excluding hydrogens is 404 g/mol. The van der Waals surface area contributed by atoms with Crippen LogP contribution >= 0.6 is 11.3 Å². The Hall–Kier alpha value is -3.44. The van der Waals surface area contributed by atoms with Crippen molar-refractivity contribution in [1.82, 2.24) is 4.98 Å². The quantitative estimate of drug-likeness (QED) is 0.378. The van der Waals surface area contributed by atoms with Gasteiger partial charge < -0.3 is 10.4 Å². The van der Waals surface area contributed by atoms with E-state index in [0.29, 0.717) is 5.13 Å². The number of aromatic hydroxyl groups is 1. The van der Waals surface area contributed by atoms with Crippen molar-refractivity contribution in [3.63, 3.8) is 0 Å². The minimum Gasteiger partial charge on any atom is -0.508 e. The standard InChI is InChI=1S/C26H24N2O2S/c1-26(2,23(19-12-7-4-8-13-19)20-14-9-15-21(29)16-20)24(30)28-25-27-22(17-31-25)18-10-5-3-6-11-18/h3-17,23,29H,1-2H3,(H,27,28,30). The van der Waals surface area contributed by atoms with Gasteiger partial charge in [-0.3, -0.25) is 4.79 Å². The molecule has 3 aromatic carbocycles. The van der Waals surface area contributed by atoms with Crippen molar-refractivity contribution in [2.24, 2.45) is 5.41 Å². The summed E-state index contributed by atoms with van der Waals surface area (Å²) in [5.74, 6) is -0.185. The second-order valence-corrected chi connectivity index (χ2v) is 8.88. The highest BCUT2D eigenvalue weighted by atomic mass is 32.1. The summed E-state index contributed by atoms with van der Waals surface area (Å²) in [4.78, 5) is 18.0. The fraction of sp³-hybridized carbons (Fsp3) is 0.154. The normalized spacial score (nSPS) is 12.3.